The number of aryl methyl sites for hydroxylation is 1. The number of carbonyl (C=O) groups excluding carboxylic acids is 2. The van der Waals surface area contributed by atoms with Crippen LogP contribution in [0.25, 0.3) is 12.2 Å². The molecule has 1 amide bonds. The fourth-order valence-corrected chi connectivity index (χ4v) is 5.84. The largest absolute Gasteiger partial charge is 0.355 e. The van der Waals surface area contributed by atoms with E-state index in [0.29, 0.717) is 24.1 Å². The number of hydrogen-bond acceptors (Lipinski definition) is 6. The van der Waals surface area contributed by atoms with E-state index in [1.54, 1.807) is 24.3 Å². The Morgan fingerprint density at radius 3 is 2.38 bits per heavy atom. The number of piperidine rings is 1. The smallest absolute Gasteiger partial charge is 0.248 e. The topological polar surface area (TPSA) is 110 Å². The molecule has 8 nitrogen and oxygen atoms in total. The van der Waals surface area contributed by atoms with Crippen LogP contribution in [0.1, 0.15) is 47.1 Å². The number of nitrogens with one attached hydrogen (secondary N) is 1. The first-order valence-electron chi connectivity index (χ1n) is 11.6. The Morgan fingerprint density at radius 2 is 1.76 bits per heavy atom. The van der Waals surface area contributed by atoms with Crippen LogP contribution in [-0.4, -0.2) is 42.7 Å². The summed E-state index contributed by atoms with van der Waals surface area (Å²) in [5, 5.41) is 6.57. The molecule has 1 N–H and O–H groups in total. The van der Waals surface area contributed by atoms with Crippen molar-refractivity contribution >= 4 is 39.6 Å². The number of hydrogen-bond donors (Lipinski definition) is 1. The number of anilines is 1. The van der Waals surface area contributed by atoms with Gasteiger partial charge < -0.3 is 9.84 Å². The van der Waals surface area contributed by atoms with Crippen molar-refractivity contribution in [2.24, 2.45) is 5.92 Å². The molecule has 1 aliphatic heterocycles. The zero-order valence-corrected chi connectivity index (χ0v) is 21.0. The summed E-state index contributed by atoms with van der Waals surface area (Å²) >= 11 is 0. The van der Waals surface area contributed by atoms with E-state index in [1.165, 1.54) is 36.4 Å². The summed E-state index contributed by atoms with van der Waals surface area (Å²) in [5.41, 5.74) is 1.30. The fourth-order valence-electron chi connectivity index (χ4n) is 4.12. The van der Waals surface area contributed by atoms with Gasteiger partial charge in [-0.3, -0.25) is 9.59 Å². The van der Waals surface area contributed by atoms with Gasteiger partial charge in [0.05, 0.1) is 0 Å². The molecule has 0 bridgehead atoms. The van der Waals surface area contributed by atoms with Crippen LogP contribution in [0, 0.1) is 24.5 Å². The third-order valence-electron chi connectivity index (χ3n) is 6.19. The third kappa shape index (κ3) is 5.83. The molecule has 3 aromatic rings. The van der Waals surface area contributed by atoms with Crippen molar-refractivity contribution in [2.45, 2.75) is 31.6 Å². The fraction of sp³-hybridized carbons (Fsp3) is 0.269. The van der Waals surface area contributed by atoms with Crippen molar-refractivity contribution in [2.75, 3.05) is 18.4 Å². The monoisotopic (exact) mass is 529 g/mol. The molecule has 11 heteroatoms. The number of aromatic nitrogens is 1. The standard InChI is InChI=1S/C26H25F2N3O5S/c1-16-25(24(36-30-16)10-6-19-3-7-21(27)15-23(19)28)37(34,35)31-13-11-20(12-14-31)26(33)29-22-8-4-18(5-9-22)17(2)32/h3-10,15,20H,11-14H2,1-2H3,(H,29,33)/b10-6+. The average molecular weight is 530 g/mol. The number of rotatable bonds is 7. The van der Waals surface area contributed by atoms with Gasteiger partial charge in [0, 0.05) is 41.9 Å². The molecule has 0 unspecified atom stereocenters. The van der Waals surface area contributed by atoms with Crippen LogP contribution >= 0.6 is 0 Å². The van der Waals surface area contributed by atoms with Crippen LogP contribution in [0.3, 0.4) is 0 Å². The molecule has 1 aromatic heterocycles. The lowest BCUT2D eigenvalue weighted by Crippen LogP contribution is -2.41. The summed E-state index contributed by atoms with van der Waals surface area (Å²) in [4.78, 5) is 24.0. The van der Waals surface area contributed by atoms with Crippen LogP contribution in [0.2, 0.25) is 0 Å². The minimum absolute atomic E-state index is 0.0570. The molecular weight excluding hydrogens is 504 g/mol. The van der Waals surface area contributed by atoms with Crippen molar-refractivity contribution in [3.63, 3.8) is 0 Å². The molecule has 0 radical (unpaired) electrons. The Morgan fingerprint density at radius 1 is 1.08 bits per heavy atom. The Hall–Kier alpha value is -3.70. The van der Waals surface area contributed by atoms with E-state index in [-0.39, 0.29) is 52.6 Å². The van der Waals surface area contributed by atoms with Crippen molar-refractivity contribution in [3.05, 3.63) is 76.7 Å². The zero-order chi connectivity index (χ0) is 26.7. The maximum absolute atomic E-state index is 14.0. The number of ketones is 1. The first-order valence-corrected chi connectivity index (χ1v) is 13.0. The molecule has 0 spiro atoms. The van der Waals surface area contributed by atoms with Gasteiger partial charge in [-0.25, -0.2) is 17.2 Å². The molecule has 194 valence electrons. The Balaban J connectivity index is 1.43. The summed E-state index contributed by atoms with van der Waals surface area (Å²) in [6, 6.07) is 9.60. The molecule has 2 heterocycles. The van der Waals surface area contributed by atoms with Gasteiger partial charge in [0.15, 0.2) is 16.4 Å². The number of benzene rings is 2. The van der Waals surface area contributed by atoms with Gasteiger partial charge in [0.25, 0.3) is 0 Å². The second-order valence-corrected chi connectivity index (χ2v) is 10.6. The van der Waals surface area contributed by atoms with Gasteiger partial charge in [-0.05, 0) is 75.2 Å². The number of sulfonamides is 1. The summed E-state index contributed by atoms with van der Waals surface area (Å²) in [7, 11) is -4.01. The van der Waals surface area contributed by atoms with E-state index in [4.69, 9.17) is 4.52 Å². The van der Waals surface area contributed by atoms with Gasteiger partial charge in [0.1, 0.15) is 17.3 Å². The minimum Gasteiger partial charge on any atom is -0.355 e. The number of amides is 1. The normalized spacial score (nSPS) is 15.2. The van der Waals surface area contributed by atoms with Gasteiger partial charge in [-0.15, -0.1) is 0 Å². The Labute approximate surface area is 213 Å². The number of carbonyl (C=O) groups is 2. The second-order valence-electron chi connectivity index (χ2n) is 8.76. The molecular formula is C26H25F2N3O5S. The first kappa shape index (κ1) is 26.4. The predicted octanol–water partition coefficient (Wildman–Crippen LogP) is 4.67. The highest BCUT2D eigenvalue weighted by molar-refractivity contribution is 7.89. The molecule has 4 rings (SSSR count). The van der Waals surface area contributed by atoms with Crippen molar-refractivity contribution in [3.8, 4) is 0 Å². The summed E-state index contributed by atoms with van der Waals surface area (Å²) in [6.45, 7) is 3.18. The van der Waals surface area contributed by atoms with Crippen LogP contribution in [0.4, 0.5) is 14.5 Å². The lowest BCUT2D eigenvalue weighted by Gasteiger charge is -2.30. The van der Waals surface area contributed by atoms with Crippen molar-refractivity contribution in [1.82, 2.24) is 9.46 Å². The number of nitrogens with zero attached hydrogens (tertiary/aromatic N) is 2. The van der Waals surface area contributed by atoms with Gasteiger partial charge in [-0.1, -0.05) is 5.16 Å². The Kier molecular flexibility index (Phi) is 7.65. The maximum atomic E-state index is 14.0. The quantitative estimate of drug-likeness (QED) is 0.446. The molecule has 0 saturated carbocycles. The number of halogens is 2. The lowest BCUT2D eigenvalue weighted by atomic mass is 9.97. The van der Waals surface area contributed by atoms with E-state index in [9.17, 15) is 26.8 Å². The van der Waals surface area contributed by atoms with E-state index >= 15 is 0 Å². The minimum atomic E-state index is -4.01. The molecule has 1 fully saturated rings. The summed E-state index contributed by atoms with van der Waals surface area (Å²) < 4.78 is 60.4. The predicted molar refractivity (Wildman–Crippen MR) is 133 cm³/mol. The molecule has 2 aromatic carbocycles. The van der Waals surface area contributed by atoms with E-state index < -0.39 is 21.7 Å². The van der Waals surface area contributed by atoms with E-state index in [2.05, 4.69) is 10.5 Å². The van der Waals surface area contributed by atoms with Gasteiger partial charge in [0.2, 0.25) is 15.9 Å². The lowest BCUT2D eigenvalue weighted by molar-refractivity contribution is -0.120. The van der Waals surface area contributed by atoms with Crippen molar-refractivity contribution in [1.29, 1.82) is 0 Å². The van der Waals surface area contributed by atoms with E-state index in [1.807, 2.05) is 0 Å². The molecule has 0 aliphatic carbocycles. The summed E-state index contributed by atoms with van der Waals surface area (Å²) in [6.07, 6.45) is 3.19. The molecule has 1 aliphatic rings. The van der Waals surface area contributed by atoms with Crippen LogP contribution in [0.5, 0.6) is 0 Å². The van der Waals surface area contributed by atoms with Crippen molar-refractivity contribution < 1.29 is 31.3 Å². The molecule has 37 heavy (non-hydrogen) atoms. The summed E-state index contributed by atoms with van der Waals surface area (Å²) in [5.74, 6) is -2.28. The molecule has 1 saturated heterocycles. The number of Topliss-reactive ketones (excluding diaryl/α,β-unsaturated/α-hetero) is 1. The average Bonchev–Trinajstić information content (AvgIpc) is 3.25. The van der Waals surface area contributed by atoms with E-state index in [0.717, 1.165) is 12.1 Å². The highest BCUT2D eigenvalue weighted by atomic mass is 32.2. The SMILES string of the molecule is CC(=O)c1ccc(NC(=O)C2CCN(S(=O)(=O)c3c(C)noc3/C=C/c3ccc(F)cc3F)CC2)cc1. The highest BCUT2D eigenvalue weighted by Gasteiger charge is 2.36. The third-order valence-corrected chi connectivity index (χ3v) is 8.25. The highest BCUT2D eigenvalue weighted by Crippen LogP contribution is 2.30. The molecule has 0 atom stereocenters. The maximum Gasteiger partial charge on any atom is 0.248 e. The zero-order valence-electron chi connectivity index (χ0n) is 20.2. The second kappa shape index (κ2) is 10.7. The van der Waals surface area contributed by atoms with Crippen LogP contribution < -0.4 is 5.32 Å². The van der Waals surface area contributed by atoms with Gasteiger partial charge >= 0.3 is 0 Å². The van der Waals surface area contributed by atoms with Gasteiger partial charge in [-0.2, -0.15) is 4.31 Å². The van der Waals surface area contributed by atoms with Crippen LogP contribution in [-0.2, 0) is 14.8 Å². The Bertz CT molecular complexity index is 1460. The first-order chi connectivity index (χ1) is 17.6. The van der Waals surface area contributed by atoms with Crippen LogP contribution in [0.15, 0.2) is 51.9 Å².